The maximum absolute atomic E-state index is 12.3. The lowest BCUT2D eigenvalue weighted by atomic mass is 10.1. The van der Waals surface area contributed by atoms with E-state index >= 15 is 0 Å². The third-order valence-corrected chi connectivity index (χ3v) is 3.97. The minimum atomic E-state index is 0.110. The van der Waals surface area contributed by atoms with Crippen LogP contribution in [0.2, 0.25) is 0 Å². The standard InChI is InChI=1S/C15H20ClNO2/c16-9-3-6-13-7-4-10-17(13)15(19)11-12-5-1-2-8-14(12)18/h1-2,5,8,13,18H,3-4,6-7,9-11H2. The van der Waals surface area contributed by atoms with Crippen LogP contribution in [0.1, 0.15) is 31.2 Å². The van der Waals surface area contributed by atoms with Gasteiger partial charge in [0.2, 0.25) is 5.91 Å². The summed E-state index contributed by atoms with van der Waals surface area (Å²) < 4.78 is 0. The molecule has 4 heteroatoms. The topological polar surface area (TPSA) is 40.5 Å². The van der Waals surface area contributed by atoms with Crippen LogP contribution in [0.15, 0.2) is 24.3 Å². The van der Waals surface area contributed by atoms with Gasteiger partial charge in [-0.15, -0.1) is 11.6 Å². The number of halogens is 1. The third-order valence-electron chi connectivity index (χ3n) is 3.70. The van der Waals surface area contributed by atoms with Crippen LogP contribution in [-0.4, -0.2) is 34.4 Å². The number of carbonyl (C=O) groups excluding carboxylic acids is 1. The molecule has 0 spiro atoms. The predicted molar refractivity (Wildman–Crippen MR) is 76.5 cm³/mol. The van der Waals surface area contributed by atoms with Crippen molar-refractivity contribution in [2.75, 3.05) is 12.4 Å². The number of alkyl halides is 1. The average molecular weight is 282 g/mol. The molecule has 1 aromatic carbocycles. The van der Waals surface area contributed by atoms with E-state index in [0.717, 1.165) is 32.2 Å². The Bertz CT molecular complexity index is 436. The second-order valence-corrected chi connectivity index (χ2v) is 5.40. The van der Waals surface area contributed by atoms with Crippen molar-refractivity contribution in [1.29, 1.82) is 0 Å². The highest BCUT2D eigenvalue weighted by molar-refractivity contribution is 6.17. The molecule has 0 aromatic heterocycles. The minimum Gasteiger partial charge on any atom is -0.508 e. The first-order valence-electron chi connectivity index (χ1n) is 6.84. The highest BCUT2D eigenvalue weighted by Crippen LogP contribution is 2.24. The van der Waals surface area contributed by atoms with Gasteiger partial charge in [-0.3, -0.25) is 4.79 Å². The van der Waals surface area contributed by atoms with Gasteiger partial charge in [-0.1, -0.05) is 18.2 Å². The summed E-state index contributed by atoms with van der Waals surface area (Å²) in [5.41, 5.74) is 0.704. The number of amides is 1. The van der Waals surface area contributed by atoms with E-state index in [1.54, 1.807) is 18.2 Å². The predicted octanol–water partition coefficient (Wildman–Crippen LogP) is 2.94. The molecule has 104 valence electrons. The lowest BCUT2D eigenvalue weighted by Crippen LogP contribution is -2.36. The molecule has 0 aliphatic carbocycles. The molecule has 0 bridgehead atoms. The summed E-state index contributed by atoms with van der Waals surface area (Å²) in [6.45, 7) is 0.833. The normalized spacial score (nSPS) is 18.8. The first-order valence-corrected chi connectivity index (χ1v) is 7.38. The fourth-order valence-corrected chi connectivity index (χ4v) is 2.86. The molecule has 3 nitrogen and oxygen atoms in total. The van der Waals surface area contributed by atoms with Crippen LogP contribution in [0.5, 0.6) is 5.75 Å². The molecule has 0 radical (unpaired) electrons. The fourth-order valence-electron chi connectivity index (χ4n) is 2.70. The van der Waals surface area contributed by atoms with Crippen molar-refractivity contribution in [3.8, 4) is 5.75 Å². The molecular formula is C15H20ClNO2. The summed E-state index contributed by atoms with van der Waals surface area (Å²) in [7, 11) is 0. The van der Waals surface area contributed by atoms with Gasteiger partial charge in [-0.25, -0.2) is 0 Å². The van der Waals surface area contributed by atoms with Gasteiger partial charge in [0, 0.05) is 24.0 Å². The number of phenols is 1. The molecule has 2 rings (SSSR count). The van der Waals surface area contributed by atoms with Crippen molar-refractivity contribution >= 4 is 17.5 Å². The van der Waals surface area contributed by atoms with Crippen LogP contribution < -0.4 is 0 Å². The molecule has 1 aliphatic heterocycles. The lowest BCUT2D eigenvalue weighted by Gasteiger charge is -2.24. The minimum absolute atomic E-state index is 0.110. The maximum atomic E-state index is 12.3. The van der Waals surface area contributed by atoms with Gasteiger partial charge in [0.1, 0.15) is 5.75 Å². The van der Waals surface area contributed by atoms with Crippen molar-refractivity contribution in [1.82, 2.24) is 4.90 Å². The molecule has 1 heterocycles. The van der Waals surface area contributed by atoms with Crippen molar-refractivity contribution in [2.24, 2.45) is 0 Å². The number of carbonyl (C=O) groups is 1. The molecule has 1 aromatic rings. The van der Waals surface area contributed by atoms with Gasteiger partial charge >= 0.3 is 0 Å². The largest absolute Gasteiger partial charge is 0.508 e. The average Bonchev–Trinajstić information content (AvgIpc) is 2.87. The van der Waals surface area contributed by atoms with E-state index in [0.29, 0.717) is 17.5 Å². The molecule has 1 aliphatic rings. The van der Waals surface area contributed by atoms with E-state index in [4.69, 9.17) is 11.6 Å². The first-order chi connectivity index (χ1) is 9.22. The summed E-state index contributed by atoms with van der Waals surface area (Å²) in [5, 5.41) is 9.72. The van der Waals surface area contributed by atoms with Crippen LogP contribution in [0.25, 0.3) is 0 Å². The molecule has 1 unspecified atom stereocenters. The first kappa shape index (κ1) is 14.2. The molecule has 0 saturated carbocycles. The van der Waals surface area contributed by atoms with E-state index in [9.17, 15) is 9.90 Å². The quantitative estimate of drug-likeness (QED) is 0.843. The van der Waals surface area contributed by atoms with Gasteiger partial charge in [-0.2, -0.15) is 0 Å². The second-order valence-electron chi connectivity index (χ2n) is 5.02. The van der Waals surface area contributed by atoms with E-state index in [-0.39, 0.29) is 18.1 Å². The Labute approximate surface area is 119 Å². The van der Waals surface area contributed by atoms with Gasteiger partial charge in [-0.05, 0) is 31.7 Å². The SMILES string of the molecule is O=C(Cc1ccccc1O)N1CCCC1CCCCl. The number of nitrogens with zero attached hydrogens (tertiary/aromatic N) is 1. The van der Waals surface area contributed by atoms with Gasteiger partial charge in [0.25, 0.3) is 0 Å². The Morgan fingerprint density at radius 1 is 1.42 bits per heavy atom. The number of benzene rings is 1. The molecule has 1 amide bonds. The smallest absolute Gasteiger partial charge is 0.227 e. The molecule has 19 heavy (non-hydrogen) atoms. The molecular weight excluding hydrogens is 262 g/mol. The molecule has 1 atom stereocenters. The van der Waals surface area contributed by atoms with E-state index in [1.807, 2.05) is 11.0 Å². The molecule has 1 N–H and O–H groups in total. The number of rotatable bonds is 5. The number of hydrogen-bond donors (Lipinski definition) is 1. The van der Waals surface area contributed by atoms with Crippen LogP contribution >= 0.6 is 11.6 Å². The summed E-state index contributed by atoms with van der Waals surface area (Å²) in [6.07, 6.45) is 4.36. The van der Waals surface area contributed by atoms with Crippen LogP contribution in [-0.2, 0) is 11.2 Å². The number of phenolic OH excluding ortho intramolecular Hbond substituents is 1. The number of likely N-dealkylation sites (tertiary alicyclic amines) is 1. The fraction of sp³-hybridized carbons (Fsp3) is 0.533. The Kier molecular flexibility index (Phi) is 5.08. The summed E-state index contributed by atoms with van der Waals surface area (Å²) >= 11 is 5.72. The lowest BCUT2D eigenvalue weighted by molar-refractivity contribution is -0.131. The highest BCUT2D eigenvalue weighted by atomic mass is 35.5. The van der Waals surface area contributed by atoms with Crippen molar-refractivity contribution in [3.05, 3.63) is 29.8 Å². The Balaban J connectivity index is 1.97. The van der Waals surface area contributed by atoms with E-state index < -0.39 is 0 Å². The number of para-hydroxylation sites is 1. The monoisotopic (exact) mass is 281 g/mol. The summed E-state index contributed by atoms with van der Waals surface area (Å²) in [4.78, 5) is 14.3. The van der Waals surface area contributed by atoms with Crippen LogP contribution in [0, 0.1) is 0 Å². The maximum Gasteiger partial charge on any atom is 0.227 e. The second kappa shape index (κ2) is 6.80. The molecule has 1 saturated heterocycles. The number of hydrogen-bond acceptors (Lipinski definition) is 2. The summed E-state index contributed by atoms with van der Waals surface area (Å²) in [5.74, 6) is 0.962. The Morgan fingerprint density at radius 2 is 2.21 bits per heavy atom. The third kappa shape index (κ3) is 3.63. The van der Waals surface area contributed by atoms with E-state index in [1.165, 1.54) is 0 Å². The van der Waals surface area contributed by atoms with Crippen molar-refractivity contribution < 1.29 is 9.90 Å². The zero-order valence-electron chi connectivity index (χ0n) is 11.0. The highest BCUT2D eigenvalue weighted by Gasteiger charge is 2.28. The Hall–Kier alpha value is -1.22. The number of aromatic hydroxyl groups is 1. The zero-order chi connectivity index (χ0) is 13.7. The molecule has 1 fully saturated rings. The van der Waals surface area contributed by atoms with Crippen molar-refractivity contribution in [2.45, 2.75) is 38.1 Å². The van der Waals surface area contributed by atoms with Crippen LogP contribution in [0.4, 0.5) is 0 Å². The zero-order valence-corrected chi connectivity index (χ0v) is 11.8. The summed E-state index contributed by atoms with van der Waals surface area (Å²) in [6, 6.07) is 7.37. The van der Waals surface area contributed by atoms with E-state index in [2.05, 4.69) is 0 Å². The van der Waals surface area contributed by atoms with Crippen LogP contribution in [0.3, 0.4) is 0 Å². The van der Waals surface area contributed by atoms with Gasteiger partial charge in [0.05, 0.1) is 6.42 Å². The van der Waals surface area contributed by atoms with Crippen molar-refractivity contribution in [3.63, 3.8) is 0 Å². The Morgan fingerprint density at radius 3 is 2.95 bits per heavy atom. The van der Waals surface area contributed by atoms with Gasteiger partial charge < -0.3 is 10.0 Å². The van der Waals surface area contributed by atoms with Gasteiger partial charge in [0.15, 0.2) is 0 Å².